The van der Waals surface area contributed by atoms with Gasteiger partial charge >= 0.3 is 24.1 Å². The van der Waals surface area contributed by atoms with Crippen LogP contribution in [0.15, 0.2) is 46.8 Å². The lowest BCUT2D eigenvalue weighted by Gasteiger charge is -2.30. The first-order valence-electron chi connectivity index (χ1n) is 13.5. The minimum Gasteiger partial charge on any atom is -0.460 e. The highest BCUT2D eigenvalue weighted by Gasteiger charge is 2.38. The molecule has 1 heterocycles. The van der Waals surface area contributed by atoms with Gasteiger partial charge in [-0.25, -0.2) is 19.2 Å². The summed E-state index contributed by atoms with van der Waals surface area (Å²) in [4.78, 5) is 50.6. The molecule has 0 unspecified atom stereocenters. The molecular formula is C30H40N4O8. The summed E-state index contributed by atoms with van der Waals surface area (Å²) in [5.74, 6) is -2.36. The first-order chi connectivity index (χ1) is 19.5. The number of nitrogens with one attached hydrogen (secondary N) is 3. The molecule has 0 spiro atoms. The molecule has 0 bridgehead atoms. The maximum absolute atomic E-state index is 13.4. The van der Waals surface area contributed by atoms with Gasteiger partial charge in [0.15, 0.2) is 0 Å². The van der Waals surface area contributed by atoms with E-state index in [1.807, 2.05) is 0 Å². The van der Waals surface area contributed by atoms with Gasteiger partial charge in [0.2, 0.25) is 0 Å². The number of esters is 2. The van der Waals surface area contributed by atoms with Crippen molar-refractivity contribution in [3.8, 4) is 6.07 Å². The molecule has 12 nitrogen and oxygen atoms in total. The smallest absolute Gasteiger partial charge is 0.407 e. The number of hydrogen-bond acceptors (Lipinski definition) is 10. The Morgan fingerprint density at radius 2 is 1.29 bits per heavy atom. The van der Waals surface area contributed by atoms with Gasteiger partial charge in [-0.1, -0.05) is 12.1 Å². The Labute approximate surface area is 246 Å². The molecule has 0 radical (unpaired) electrons. The Kier molecular flexibility index (Phi) is 11.5. The molecule has 42 heavy (non-hydrogen) atoms. The molecule has 3 N–H and O–H groups in total. The second-order valence-electron chi connectivity index (χ2n) is 11.5. The number of ether oxygens (including phenoxy) is 4. The van der Waals surface area contributed by atoms with Crippen molar-refractivity contribution in [2.75, 3.05) is 26.3 Å². The number of allylic oxidation sites excluding steroid dienone is 2. The largest absolute Gasteiger partial charge is 0.460 e. The Morgan fingerprint density at radius 1 is 0.833 bits per heavy atom. The number of nitriles is 1. The molecule has 228 valence electrons. The van der Waals surface area contributed by atoms with Gasteiger partial charge in [-0.2, -0.15) is 5.26 Å². The summed E-state index contributed by atoms with van der Waals surface area (Å²) in [5, 5.41) is 17.6. The van der Waals surface area contributed by atoms with Crippen LogP contribution in [-0.2, 0) is 28.5 Å². The fraction of sp³-hybridized carbons (Fsp3) is 0.500. The lowest BCUT2D eigenvalue weighted by molar-refractivity contribution is -0.140. The van der Waals surface area contributed by atoms with Gasteiger partial charge in [-0.05, 0) is 73.1 Å². The number of carbonyl (C=O) groups excluding carboxylic acids is 4. The average Bonchev–Trinajstić information content (AvgIpc) is 2.86. The second kappa shape index (κ2) is 14.4. The molecular weight excluding hydrogens is 544 g/mol. The molecule has 1 aliphatic heterocycles. The van der Waals surface area contributed by atoms with Gasteiger partial charge in [0, 0.05) is 11.4 Å². The van der Waals surface area contributed by atoms with Crippen LogP contribution in [0.4, 0.5) is 9.59 Å². The lowest BCUT2D eigenvalue weighted by Crippen LogP contribution is -2.36. The fourth-order valence-corrected chi connectivity index (χ4v) is 4.03. The van der Waals surface area contributed by atoms with Crippen LogP contribution in [0.5, 0.6) is 0 Å². The predicted molar refractivity (Wildman–Crippen MR) is 153 cm³/mol. The van der Waals surface area contributed by atoms with E-state index in [1.54, 1.807) is 79.7 Å². The van der Waals surface area contributed by atoms with Crippen molar-refractivity contribution in [3.05, 3.63) is 57.9 Å². The number of alkyl carbamates (subject to hydrolysis) is 2. The minimum absolute atomic E-state index is 0.00338. The summed E-state index contributed by atoms with van der Waals surface area (Å²) < 4.78 is 21.3. The molecule has 0 saturated carbocycles. The van der Waals surface area contributed by atoms with Crippen molar-refractivity contribution in [3.63, 3.8) is 0 Å². The molecule has 0 fully saturated rings. The van der Waals surface area contributed by atoms with E-state index in [0.29, 0.717) is 22.5 Å². The van der Waals surface area contributed by atoms with Gasteiger partial charge in [0.05, 0.1) is 41.8 Å². The van der Waals surface area contributed by atoms with Crippen molar-refractivity contribution in [1.29, 1.82) is 5.26 Å². The highest BCUT2D eigenvalue weighted by atomic mass is 16.6. The normalized spacial score (nSPS) is 13.9. The highest BCUT2D eigenvalue weighted by molar-refractivity contribution is 6.00. The zero-order valence-corrected chi connectivity index (χ0v) is 25.4. The van der Waals surface area contributed by atoms with E-state index in [4.69, 9.17) is 18.9 Å². The molecule has 12 heteroatoms. The number of rotatable bonds is 9. The number of dihydropyridines is 1. The topological polar surface area (TPSA) is 165 Å². The Hall–Kier alpha value is -4.53. The first kappa shape index (κ1) is 33.7. The Morgan fingerprint density at radius 3 is 1.69 bits per heavy atom. The summed E-state index contributed by atoms with van der Waals surface area (Å²) in [6.45, 7) is 13.4. The molecule has 2 rings (SSSR count). The van der Waals surface area contributed by atoms with Gasteiger partial charge < -0.3 is 34.9 Å². The molecule has 0 atom stereocenters. The van der Waals surface area contributed by atoms with Gasteiger partial charge in [0.25, 0.3) is 0 Å². The number of hydrogen-bond donors (Lipinski definition) is 3. The standard InChI is InChI=1S/C30H40N4O8/c1-18-22(25(35)39-14-12-32-27(37)41-29(3,4)5)24(21-11-9-10-20(16-21)17-31)23(19(2)34-18)26(36)40-15-13-33-28(38)42-30(6,7)8/h9-11,16,24,34H,12-15H2,1-8H3,(H,32,37)(H,33,38). The first-order valence-corrected chi connectivity index (χ1v) is 13.5. The summed E-state index contributed by atoms with van der Waals surface area (Å²) in [5.41, 5.74) is 0.683. The van der Waals surface area contributed by atoms with Crippen molar-refractivity contribution >= 4 is 24.1 Å². The van der Waals surface area contributed by atoms with E-state index in [-0.39, 0.29) is 37.4 Å². The third kappa shape index (κ3) is 10.5. The van der Waals surface area contributed by atoms with Crippen LogP contribution in [0, 0.1) is 11.3 Å². The van der Waals surface area contributed by atoms with Crippen molar-refractivity contribution in [2.45, 2.75) is 72.5 Å². The van der Waals surface area contributed by atoms with E-state index in [1.165, 1.54) is 0 Å². The maximum Gasteiger partial charge on any atom is 0.407 e. The zero-order valence-electron chi connectivity index (χ0n) is 25.4. The lowest BCUT2D eigenvalue weighted by atomic mass is 9.80. The Balaban J connectivity index is 2.23. The van der Waals surface area contributed by atoms with Crippen molar-refractivity contribution < 1.29 is 38.1 Å². The summed E-state index contributed by atoms with van der Waals surface area (Å²) in [7, 11) is 0. The third-order valence-corrected chi connectivity index (χ3v) is 5.56. The van der Waals surface area contributed by atoms with Crippen LogP contribution in [-0.4, -0.2) is 61.6 Å². The third-order valence-electron chi connectivity index (χ3n) is 5.56. The number of nitrogens with zero attached hydrogens (tertiary/aromatic N) is 1. The van der Waals surface area contributed by atoms with Crippen molar-refractivity contribution in [1.82, 2.24) is 16.0 Å². The molecule has 2 amide bonds. The molecule has 1 aromatic carbocycles. The van der Waals surface area contributed by atoms with E-state index >= 15 is 0 Å². The SMILES string of the molecule is CC1=C(C(=O)OCCNC(=O)OC(C)(C)C)C(c2cccc(C#N)c2)C(C(=O)OCCNC(=O)OC(C)(C)C)=C(C)N1. The molecule has 0 aliphatic carbocycles. The molecule has 1 aliphatic rings. The highest BCUT2D eigenvalue weighted by Crippen LogP contribution is 2.39. The van der Waals surface area contributed by atoms with Gasteiger partial charge in [0.1, 0.15) is 24.4 Å². The van der Waals surface area contributed by atoms with Crippen molar-refractivity contribution in [2.24, 2.45) is 0 Å². The molecule has 1 aromatic rings. The average molecular weight is 585 g/mol. The summed E-state index contributed by atoms with van der Waals surface area (Å²) >= 11 is 0. The number of amides is 2. The van der Waals surface area contributed by atoms with Crippen LogP contribution < -0.4 is 16.0 Å². The van der Waals surface area contributed by atoms with Crippen LogP contribution >= 0.6 is 0 Å². The van der Waals surface area contributed by atoms with E-state index in [9.17, 15) is 24.4 Å². The maximum atomic E-state index is 13.4. The molecule has 0 saturated heterocycles. The number of benzene rings is 1. The zero-order chi connectivity index (χ0) is 31.7. The fourth-order valence-electron chi connectivity index (χ4n) is 4.03. The van der Waals surface area contributed by atoms with Gasteiger partial charge in [-0.3, -0.25) is 0 Å². The minimum atomic E-state index is -0.919. The Bertz CT molecular complexity index is 1230. The van der Waals surface area contributed by atoms with Crippen LogP contribution in [0.25, 0.3) is 0 Å². The predicted octanol–water partition coefficient (Wildman–Crippen LogP) is 3.93. The van der Waals surface area contributed by atoms with Gasteiger partial charge in [-0.15, -0.1) is 0 Å². The second-order valence-corrected chi connectivity index (χ2v) is 11.5. The van der Waals surface area contributed by atoms with E-state index < -0.39 is 41.2 Å². The molecule has 0 aromatic heterocycles. The van der Waals surface area contributed by atoms with Crippen LogP contribution in [0.2, 0.25) is 0 Å². The number of carbonyl (C=O) groups is 4. The van der Waals surface area contributed by atoms with E-state index in [2.05, 4.69) is 22.0 Å². The summed E-state index contributed by atoms with van der Waals surface area (Å²) in [6.07, 6.45) is -1.30. The quantitative estimate of drug-likeness (QED) is 0.220. The van der Waals surface area contributed by atoms with Crippen LogP contribution in [0.1, 0.15) is 72.4 Å². The monoisotopic (exact) mass is 584 g/mol. The van der Waals surface area contributed by atoms with E-state index in [0.717, 1.165) is 0 Å². The van der Waals surface area contributed by atoms with Crippen LogP contribution in [0.3, 0.4) is 0 Å². The summed E-state index contributed by atoms with van der Waals surface area (Å²) in [6, 6.07) is 8.62.